The van der Waals surface area contributed by atoms with Crippen molar-refractivity contribution in [1.29, 1.82) is 0 Å². The highest BCUT2D eigenvalue weighted by atomic mass is 32.2. The second kappa shape index (κ2) is 8.81. The fourth-order valence-electron chi connectivity index (χ4n) is 3.77. The van der Waals surface area contributed by atoms with Gasteiger partial charge in [0.15, 0.2) is 0 Å². The average molecular weight is 446 g/mol. The largest absolute Gasteiger partial charge is 0.306 e. The highest BCUT2D eigenvalue weighted by Gasteiger charge is 2.20. The Morgan fingerprint density at radius 1 is 1.00 bits per heavy atom. The quantitative estimate of drug-likeness (QED) is 0.393. The second-order valence-corrected chi connectivity index (χ2v) is 10.3. The molecule has 0 unspecified atom stereocenters. The molecule has 2 aromatic heterocycles. The fourth-order valence-corrected chi connectivity index (χ4v) is 6.67. The van der Waals surface area contributed by atoms with E-state index < -0.39 is 0 Å². The SMILES string of the molecule is Cc1cccn2c(NC(=O)c3ccc(C4SCCCS4)cc3)c(-c3ccccc3)nc12. The van der Waals surface area contributed by atoms with Crippen LogP contribution < -0.4 is 5.32 Å². The summed E-state index contributed by atoms with van der Waals surface area (Å²) in [5.74, 6) is 2.97. The first kappa shape index (κ1) is 20.2. The van der Waals surface area contributed by atoms with Crippen molar-refractivity contribution in [3.05, 3.63) is 89.6 Å². The summed E-state index contributed by atoms with van der Waals surface area (Å²) in [6.07, 6.45) is 3.22. The Balaban J connectivity index is 1.47. The maximum Gasteiger partial charge on any atom is 0.256 e. The molecule has 4 nitrogen and oxygen atoms in total. The Kier molecular flexibility index (Phi) is 5.74. The van der Waals surface area contributed by atoms with Gasteiger partial charge in [-0.15, -0.1) is 23.5 Å². The number of carbonyl (C=O) groups is 1. The minimum absolute atomic E-state index is 0.129. The molecule has 2 aromatic carbocycles. The Bertz CT molecular complexity index is 1210. The van der Waals surface area contributed by atoms with Crippen LogP contribution in [0.5, 0.6) is 0 Å². The molecule has 1 aliphatic rings. The lowest BCUT2D eigenvalue weighted by Gasteiger charge is -2.21. The van der Waals surface area contributed by atoms with Gasteiger partial charge in [-0.25, -0.2) is 4.98 Å². The molecule has 0 aliphatic carbocycles. The van der Waals surface area contributed by atoms with E-state index in [1.807, 2.05) is 95.6 Å². The lowest BCUT2D eigenvalue weighted by atomic mass is 10.1. The number of benzene rings is 2. The number of nitrogens with one attached hydrogen (secondary N) is 1. The van der Waals surface area contributed by atoms with Crippen LogP contribution in [0.2, 0.25) is 0 Å². The van der Waals surface area contributed by atoms with Crippen LogP contribution in [0.25, 0.3) is 16.9 Å². The van der Waals surface area contributed by atoms with Gasteiger partial charge < -0.3 is 5.32 Å². The van der Waals surface area contributed by atoms with Crippen LogP contribution in [0.3, 0.4) is 0 Å². The van der Waals surface area contributed by atoms with Gasteiger partial charge in [0.1, 0.15) is 17.2 Å². The van der Waals surface area contributed by atoms with Crippen LogP contribution in [0, 0.1) is 6.92 Å². The maximum atomic E-state index is 13.1. The summed E-state index contributed by atoms with van der Waals surface area (Å²) in [6, 6.07) is 22.0. The van der Waals surface area contributed by atoms with Crippen molar-refractivity contribution >= 4 is 40.9 Å². The number of hydrogen-bond donors (Lipinski definition) is 1. The van der Waals surface area contributed by atoms with Crippen molar-refractivity contribution < 1.29 is 4.79 Å². The minimum atomic E-state index is -0.129. The first-order valence-corrected chi connectivity index (χ1v) is 12.5. The number of rotatable bonds is 4. The molecular weight excluding hydrogens is 422 g/mol. The van der Waals surface area contributed by atoms with E-state index in [-0.39, 0.29) is 5.91 Å². The van der Waals surface area contributed by atoms with Gasteiger partial charge in [-0.05, 0) is 54.2 Å². The van der Waals surface area contributed by atoms with Crippen LogP contribution in [-0.4, -0.2) is 26.8 Å². The van der Waals surface area contributed by atoms with E-state index in [2.05, 4.69) is 17.4 Å². The average Bonchev–Trinajstić information content (AvgIpc) is 3.20. The molecule has 0 atom stereocenters. The number of pyridine rings is 1. The topological polar surface area (TPSA) is 46.4 Å². The van der Waals surface area contributed by atoms with E-state index in [0.717, 1.165) is 22.5 Å². The molecular formula is C25H23N3OS2. The summed E-state index contributed by atoms with van der Waals surface area (Å²) < 4.78 is 2.43. The van der Waals surface area contributed by atoms with Gasteiger partial charge in [-0.3, -0.25) is 9.20 Å². The molecule has 156 valence electrons. The first-order chi connectivity index (χ1) is 15.2. The standard InChI is InChI=1S/C25H23N3OS2/c1-17-7-5-14-28-22(17)26-21(18-8-3-2-4-9-18)23(28)27-24(29)19-10-12-20(13-11-19)25-30-15-6-16-31-25/h2-5,7-14,25H,6,15-16H2,1H3,(H,27,29). The van der Waals surface area contributed by atoms with Crippen LogP contribution in [-0.2, 0) is 0 Å². The third-order valence-corrected chi connectivity index (χ3v) is 8.41. The molecule has 31 heavy (non-hydrogen) atoms. The van der Waals surface area contributed by atoms with Gasteiger partial charge in [0.25, 0.3) is 5.91 Å². The zero-order chi connectivity index (χ0) is 21.2. The number of aryl methyl sites for hydroxylation is 1. The highest BCUT2D eigenvalue weighted by Crippen LogP contribution is 2.43. The summed E-state index contributed by atoms with van der Waals surface area (Å²) >= 11 is 3.97. The van der Waals surface area contributed by atoms with Gasteiger partial charge >= 0.3 is 0 Å². The van der Waals surface area contributed by atoms with Crippen LogP contribution in [0.15, 0.2) is 72.9 Å². The number of aromatic nitrogens is 2. The number of thioether (sulfide) groups is 2. The number of fused-ring (bicyclic) bond motifs is 1. The number of anilines is 1. The fraction of sp³-hybridized carbons (Fsp3) is 0.200. The summed E-state index contributed by atoms with van der Waals surface area (Å²) in [5.41, 5.74) is 5.58. The van der Waals surface area contributed by atoms with E-state index in [1.165, 1.54) is 23.5 Å². The Morgan fingerprint density at radius 3 is 2.48 bits per heavy atom. The zero-order valence-corrected chi connectivity index (χ0v) is 18.9. The van der Waals surface area contributed by atoms with Crippen molar-refractivity contribution in [2.75, 3.05) is 16.8 Å². The monoisotopic (exact) mass is 445 g/mol. The molecule has 5 rings (SSSR count). The van der Waals surface area contributed by atoms with Gasteiger partial charge in [0, 0.05) is 17.3 Å². The van der Waals surface area contributed by atoms with Gasteiger partial charge in [0.2, 0.25) is 0 Å². The number of carbonyl (C=O) groups excluding carboxylic acids is 1. The number of nitrogens with zero attached hydrogens (tertiary/aromatic N) is 2. The van der Waals surface area contributed by atoms with E-state index in [9.17, 15) is 4.79 Å². The highest BCUT2D eigenvalue weighted by molar-refractivity contribution is 8.16. The third kappa shape index (κ3) is 4.10. The van der Waals surface area contributed by atoms with Gasteiger partial charge in [-0.2, -0.15) is 0 Å². The number of amides is 1. The Morgan fingerprint density at radius 2 is 1.74 bits per heavy atom. The van der Waals surface area contributed by atoms with Crippen molar-refractivity contribution in [2.45, 2.75) is 17.9 Å². The molecule has 1 N–H and O–H groups in total. The predicted molar refractivity (Wildman–Crippen MR) is 132 cm³/mol. The van der Waals surface area contributed by atoms with Gasteiger partial charge in [0.05, 0.1) is 4.58 Å². The molecule has 0 radical (unpaired) electrons. The number of imidazole rings is 1. The normalized spacial score (nSPS) is 14.6. The molecule has 0 spiro atoms. The molecule has 3 heterocycles. The summed E-state index contributed by atoms with van der Waals surface area (Å²) in [4.78, 5) is 18.0. The molecule has 6 heteroatoms. The van der Waals surface area contributed by atoms with E-state index in [1.54, 1.807) is 0 Å². The molecule has 1 amide bonds. The van der Waals surface area contributed by atoms with Crippen molar-refractivity contribution in [3.63, 3.8) is 0 Å². The molecule has 0 saturated carbocycles. The van der Waals surface area contributed by atoms with Gasteiger partial charge in [-0.1, -0.05) is 48.5 Å². The van der Waals surface area contributed by atoms with Crippen LogP contribution >= 0.6 is 23.5 Å². The third-order valence-electron chi connectivity index (χ3n) is 5.40. The zero-order valence-electron chi connectivity index (χ0n) is 17.2. The summed E-state index contributed by atoms with van der Waals surface area (Å²) in [6.45, 7) is 2.03. The predicted octanol–water partition coefficient (Wildman–Crippen LogP) is 6.43. The first-order valence-electron chi connectivity index (χ1n) is 10.4. The lowest BCUT2D eigenvalue weighted by molar-refractivity contribution is 0.102. The summed E-state index contributed by atoms with van der Waals surface area (Å²) in [7, 11) is 0. The Hall–Kier alpha value is -2.70. The van der Waals surface area contributed by atoms with E-state index in [0.29, 0.717) is 16.0 Å². The molecule has 4 aromatic rings. The number of hydrogen-bond acceptors (Lipinski definition) is 4. The van der Waals surface area contributed by atoms with Crippen molar-refractivity contribution in [3.8, 4) is 11.3 Å². The maximum absolute atomic E-state index is 13.1. The molecule has 0 bridgehead atoms. The van der Waals surface area contributed by atoms with Crippen molar-refractivity contribution in [1.82, 2.24) is 9.38 Å². The molecule has 1 fully saturated rings. The lowest BCUT2D eigenvalue weighted by Crippen LogP contribution is -2.14. The minimum Gasteiger partial charge on any atom is -0.306 e. The molecule has 1 aliphatic heterocycles. The molecule has 1 saturated heterocycles. The summed E-state index contributed by atoms with van der Waals surface area (Å²) in [5, 5.41) is 3.13. The van der Waals surface area contributed by atoms with Crippen LogP contribution in [0.1, 0.15) is 32.5 Å². The Labute approximate surface area is 190 Å². The van der Waals surface area contributed by atoms with E-state index >= 15 is 0 Å². The smallest absolute Gasteiger partial charge is 0.256 e. The second-order valence-electron chi connectivity index (χ2n) is 7.56. The van der Waals surface area contributed by atoms with Crippen LogP contribution in [0.4, 0.5) is 5.82 Å². The van der Waals surface area contributed by atoms with Crippen molar-refractivity contribution in [2.24, 2.45) is 0 Å². The van der Waals surface area contributed by atoms with E-state index in [4.69, 9.17) is 4.98 Å².